The van der Waals surface area contributed by atoms with Crippen molar-refractivity contribution in [3.63, 3.8) is 0 Å². The Morgan fingerprint density at radius 2 is 1.84 bits per heavy atom. The molecular formula is C22H20F4N4O2. The number of nitrogens with two attached hydrogens (primary N) is 1. The van der Waals surface area contributed by atoms with E-state index >= 15 is 0 Å². The van der Waals surface area contributed by atoms with E-state index in [4.69, 9.17) is 5.73 Å². The lowest BCUT2D eigenvalue weighted by molar-refractivity contribution is -0.137. The minimum Gasteiger partial charge on any atom is -0.368 e. The number of hydrogen-bond acceptors (Lipinski definition) is 3. The maximum Gasteiger partial charge on any atom is 0.416 e. The van der Waals surface area contributed by atoms with Gasteiger partial charge in [-0.1, -0.05) is 6.07 Å². The number of halogens is 4. The largest absolute Gasteiger partial charge is 0.416 e. The van der Waals surface area contributed by atoms with E-state index in [-0.39, 0.29) is 18.5 Å². The van der Waals surface area contributed by atoms with Crippen LogP contribution in [0, 0.1) is 12.7 Å². The van der Waals surface area contributed by atoms with Gasteiger partial charge in [0, 0.05) is 24.6 Å². The second-order valence-corrected chi connectivity index (χ2v) is 7.35. The van der Waals surface area contributed by atoms with Gasteiger partial charge in [0.2, 0.25) is 5.91 Å². The molecule has 3 N–H and O–H groups in total. The molecule has 32 heavy (non-hydrogen) atoms. The van der Waals surface area contributed by atoms with Crippen LogP contribution in [0.25, 0.3) is 11.3 Å². The van der Waals surface area contributed by atoms with Crippen molar-refractivity contribution in [2.24, 2.45) is 12.8 Å². The van der Waals surface area contributed by atoms with E-state index in [1.807, 2.05) is 0 Å². The first-order valence-corrected chi connectivity index (χ1v) is 9.51. The van der Waals surface area contributed by atoms with Crippen molar-refractivity contribution in [1.29, 1.82) is 0 Å². The smallest absolute Gasteiger partial charge is 0.368 e. The van der Waals surface area contributed by atoms with Crippen molar-refractivity contribution in [2.45, 2.75) is 19.5 Å². The van der Waals surface area contributed by atoms with Gasteiger partial charge >= 0.3 is 6.18 Å². The van der Waals surface area contributed by atoms with E-state index in [9.17, 15) is 27.2 Å². The Hall–Kier alpha value is -3.69. The van der Waals surface area contributed by atoms with E-state index in [1.54, 1.807) is 42.9 Å². The molecule has 0 saturated heterocycles. The zero-order valence-corrected chi connectivity index (χ0v) is 17.3. The average Bonchev–Trinajstić information content (AvgIpc) is 3.04. The number of rotatable bonds is 6. The third-order valence-electron chi connectivity index (χ3n) is 4.79. The van der Waals surface area contributed by atoms with Gasteiger partial charge in [0.05, 0.1) is 23.5 Å². The zero-order valence-electron chi connectivity index (χ0n) is 17.3. The Balaban J connectivity index is 1.85. The Morgan fingerprint density at radius 3 is 2.47 bits per heavy atom. The summed E-state index contributed by atoms with van der Waals surface area (Å²) in [5.74, 6) is -2.06. The number of aromatic nitrogens is 2. The highest BCUT2D eigenvalue weighted by atomic mass is 19.4. The monoisotopic (exact) mass is 448 g/mol. The Morgan fingerprint density at radius 1 is 1.12 bits per heavy atom. The molecule has 3 rings (SSSR count). The first kappa shape index (κ1) is 23.0. The molecular weight excluding hydrogens is 428 g/mol. The fraction of sp³-hybridized carbons (Fsp3) is 0.227. The minimum absolute atomic E-state index is 0.0151. The van der Waals surface area contributed by atoms with Crippen LogP contribution < -0.4 is 11.1 Å². The Labute approximate surface area is 181 Å². The van der Waals surface area contributed by atoms with Crippen molar-refractivity contribution in [3.8, 4) is 11.3 Å². The fourth-order valence-electron chi connectivity index (χ4n) is 3.35. The van der Waals surface area contributed by atoms with Gasteiger partial charge in [0.25, 0.3) is 5.91 Å². The molecule has 2 aromatic carbocycles. The molecule has 0 fully saturated rings. The minimum atomic E-state index is -4.64. The van der Waals surface area contributed by atoms with Gasteiger partial charge in [-0.05, 0) is 54.4 Å². The molecule has 0 aliphatic rings. The highest BCUT2D eigenvalue weighted by Gasteiger charge is 2.31. The molecule has 0 radical (unpaired) electrons. The van der Waals surface area contributed by atoms with E-state index in [1.165, 1.54) is 0 Å². The normalized spacial score (nSPS) is 11.4. The molecule has 1 heterocycles. The maximum atomic E-state index is 13.7. The first-order valence-electron chi connectivity index (χ1n) is 9.51. The van der Waals surface area contributed by atoms with Crippen molar-refractivity contribution in [1.82, 2.24) is 15.1 Å². The van der Waals surface area contributed by atoms with Crippen LogP contribution in [-0.4, -0.2) is 28.1 Å². The molecule has 10 heteroatoms. The SMILES string of the molecule is Cc1cc(-c2cc(Cc3cc(F)cc(C(F)(F)F)c3)nn2C)ccc1C(=O)NCC(N)=O. The summed E-state index contributed by atoms with van der Waals surface area (Å²) in [6.07, 6.45) is -4.63. The van der Waals surface area contributed by atoms with Crippen LogP contribution in [0.2, 0.25) is 0 Å². The van der Waals surface area contributed by atoms with E-state index in [2.05, 4.69) is 10.4 Å². The third-order valence-corrected chi connectivity index (χ3v) is 4.79. The maximum absolute atomic E-state index is 13.7. The first-order chi connectivity index (χ1) is 14.9. The number of hydrogen-bond donors (Lipinski definition) is 2. The standard InChI is InChI=1S/C22H20F4N4O2/c1-12-5-14(3-4-18(12)21(32)28-11-20(27)31)19-10-17(29-30(19)2)8-13-6-15(22(24,25)26)9-16(23)7-13/h3-7,9-10H,8,11H2,1-2H3,(H2,27,31)(H,28,32). The third kappa shape index (κ3) is 5.32. The summed E-state index contributed by atoms with van der Waals surface area (Å²) >= 11 is 0. The van der Waals surface area contributed by atoms with Crippen molar-refractivity contribution in [3.05, 3.63) is 76.2 Å². The highest BCUT2D eigenvalue weighted by molar-refractivity contribution is 5.98. The zero-order chi connectivity index (χ0) is 23.6. The van der Waals surface area contributed by atoms with Crippen LogP contribution in [0.4, 0.5) is 17.6 Å². The lowest BCUT2D eigenvalue weighted by Gasteiger charge is -2.09. The number of benzene rings is 2. The van der Waals surface area contributed by atoms with Gasteiger partial charge in [-0.25, -0.2) is 4.39 Å². The number of alkyl halides is 3. The van der Waals surface area contributed by atoms with E-state index in [0.29, 0.717) is 28.6 Å². The molecule has 2 amide bonds. The Bertz CT molecular complexity index is 1190. The van der Waals surface area contributed by atoms with Crippen LogP contribution in [0.1, 0.15) is 32.7 Å². The number of primary amides is 1. The lowest BCUT2D eigenvalue weighted by Crippen LogP contribution is -2.33. The van der Waals surface area contributed by atoms with Crippen LogP contribution in [0.15, 0.2) is 42.5 Å². The second-order valence-electron chi connectivity index (χ2n) is 7.35. The predicted molar refractivity (Wildman–Crippen MR) is 109 cm³/mol. The number of nitrogens with one attached hydrogen (secondary N) is 1. The molecule has 0 aliphatic carbocycles. The van der Waals surface area contributed by atoms with Crippen molar-refractivity contribution >= 4 is 11.8 Å². The summed E-state index contributed by atoms with van der Waals surface area (Å²) in [5, 5.41) is 6.74. The van der Waals surface area contributed by atoms with Gasteiger partial charge in [-0.2, -0.15) is 18.3 Å². The van der Waals surface area contributed by atoms with Gasteiger partial charge in [-0.15, -0.1) is 0 Å². The van der Waals surface area contributed by atoms with Gasteiger partial charge in [0.1, 0.15) is 5.82 Å². The number of aryl methyl sites for hydroxylation is 2. The Kier molecular flexibility index (Phi) is 6.33. The summed E-state index contributed by atoms with van der Waals surface area (Å²) in [6, 6.07) is 9.14. The van der Waals surface area contributed by atoms with Crippen LogP contribution in [0.5, 0.6) is 0 Å². The summed E-state index contributed by atoms with van der Waals surface area (Å²) in [7, 11) is 1.67. The second kappa shape index (κ2) is 8.81. The van der Waals surface area contributed by atoms with Crippen LogP contribution in [-0.2, 0) is 24.4 Å². The van der Waals surface area contributed by atoms with Gasteiger partial charge in [-0.3, -0.25) is 14.3 Å². The van der Waals surface area contributed by atoms with Gasteiger partial charge in [0.15, 0.2) is 0 Å². The average molecular weight is 448 g/mol. The summed E-state index contributed by atoms with van der Waals surface area (Å²) in [6.45, 7) is 1.45. The predicted octanol–water partition coefficient (Wildman–Crippen LogP) is 3.36. The molecule has 6 nitrogen and oxygen atoms in total. The summed E-state index contributed by atoms with van der Waals surface area (Å²) in [5.41, 5.74) is 7.00. The molecule has 0 atom stereocenters. The van der Waals surface area contributed by atoms with E-state index in [0.717, 1.165) is 17.7 Å². The molecule has 3 aromatic rings. The number of carbonyl (C=O) groups excluding carboxylic acids is 2. The molecule has 0 saturated carbocycles. The molecule has 0 unspecified atom stereocenters. The molecule has 1 aromatic heterocycles. The summed E-state index contributed by atoms with van der Waals surface area (Å²) in [4.78, 5) is 23.0. The number of carbonyl (C=O) groups is 2. The van der Waals surface area contributed by atoms with Crippen molar-refractivity contribution < 1.29 is 27.2 Å². The van der Waals surface area contributed by atoms with Crippen LogP contribution >= 0.6 is 0 Å². The van der Waals surface area contributed by atoms with Crippen molar-refractivity contribution in [2.75, 3.05) is 6.54 Å². The van der Waals surface area contributed by atoms with Gasteiger partial charge < -0.3 is 11.1 Å². The topological polar surface area (TPSA) is 90.0 Å². The molecule has 0 spiro atoms. The molecule has 0 bridgehead atoms. The van der Waals surface area contributed by atoms with Crippen LogP contribution in [0.3, 0.4) is 0 Å². The quantitative estimate of drug-likeness (QED) is 0.567. The fourth-order valence-corrected chi connectivity index (χ4v) is 3.35. The highest BCUT2D eigenvalue weighted by Crippen LogP contribution is 2.31. The molecule has 0 aliphatic heterocycles. The van der Waals surface area contributed by atoms with E-state index < -0.39 is 29.4 Å². The number of nitrogens with zero attached hydrogens (tertiary/aromatic N) is 2. The summed E-state index contributed by atoms with van der Waals surface area (Å²) < 4.78 is 54.1. The number of amides is 2. The lowest BCUT2D eigenvalue weighted by atomic mass is 10.0. The molecule has 168 valence electrons.